The molecule has 0 spiro atoms. The number of oxime groups is 1. The molecule has 0 unspecified atom stereocenters. The lowest BCUT2D eigenvalue weighted by atomic mass is 10.0. The van der Waals surface area contributed by atoms with E-state index in [1.807, 2.05) is 6.92 Å². The van der Waals surface area contributed by atoms with Gasteiger partial charge in [-0.15, -0.1) is 0 Å². The Balaban J connectivity index is 3.37. The Morgan fingerprint density at radius 1 is 1.42 bits per heavy atom. The van der Waals surface area contributed by atoms with Crippen molar-refractivity contribution in [3.05, 3.63) is 0 Å². The average molecular weight is 172 g/mol. The van der Waals surface area contributed by atoms with E-state index in [4.69, 9.17) is 10.9 Å². The van der Waals surface area contributed by atoms with Crippen molar-refractivity contribution < 1.29 is 5.21 Å². The van der Waals surface area contributed by atoms with E-state index in [9.17, 15) is 0 Å². The summed E-state index contributed by atoms with van der Waals surface area (Å²) in [6.07, 6.45) is 5.97. The maximum Gasteiger partial charge on any atom is 0.141 e. The van der Waals surface area contributed by atoms with Crippen molar-refractivity contribution in [2.24, 2.45) is 16.8 Å². The molecule has 0 aromatic carbocycles. The number of amidine groups is 1. The van der Waals surface area contributed by atoms with Gasteiger partial charge in [0.2, 0.25) is 0 Å². The normalized spacial score (nSPS) is 14.7. The summed E-state index contributed by atoms with van der Waals surface area (Å²) in [6, 6.07) is 0. The van der Waals surface area contributed by atoms with Crippen molar-refractivity contribution in [1.29, 1.82) is 0 Å². The third kappa shape index (κ3) is 4.99. The average Bonchev–Trinajstić information content (AvgIpc) is 2.10. The maximum absolute atomic E-state index is 8.37. The summed E-state index contributed by atoms with van der Waals surface area (Å²) in [4.78, 5) is 0. The van der Waals surface area contributed by atoms with Gasteiger partial charge in [-0.25, -0.2) is 0 Å². The van der Waals surface area contributed by atoms with Crippen LogP contribution >= 0.6 is 0 Å². The van der Waals surface area contributed by atoms with Crippen LogP contribution in [0.4, 0.5) is 0 Å². The number of hydrogen-bond donors (Lipinski definition) is 2. The van der Waals surface area contributed by atoms with Crippen LogP contribution in [0.2, 0.25) is 0 Å². The molecule has 0 aliphatic rings. The van der Waals surface area contributed by atoms with E-state index in [-0.39, 0.29) is 5.92 Å². The lowest BCUT2D eigenvalue weighted by molar-refractivity contribution is 0.313. The van der Waals surface area contributed by atoms with Crippen LogP contribution in [0.25, 0.3) is 0 Å². The summed E-state index contributed by atoms with van der Waals surface area (Å²) in [5.74, 6) is 0.568. The minimum Gasteiger partial charge on any atom is -0.409 e. The Bertz CT molecular complexity index is 134. The number of nitrogens with two attached hydrogens (primary N) is 1. The SMILES string of the molecule is CCCCCC[C@@H](C)/C(N)=N/O. The second-order valence-electron chi connectivity index (χ2n) is 3.28. The van der Waals surface area contributed by atoms with Crippen LogP contribution in [0.5, 0.6) is 0 Å². The molecule has 0 heterocycles. The summed E-state index contributed by atoms with van der Waals surface area (Å²) in [7, 11) is 0. The van der Waals surface area contributed by atoms with Crippen LogP contribution in [0.15, 0.2) is 5.16 Å². The number of unbranched alkanes of at least 4 members (excludes halogenated alkanes) is 3. The van der Waals surface area contributed by atoms with Crippen molar-refractivity contribution in [2.45, 2.75) is 46.0 Å². The van der Waals surface area contributed by atoms with E-state index >= 15 is 0 Å². The molecular formula is C9H20N2O. The quantitative estimate of drug-likeness (QED) is 0.212. The molecule has 0 radical (unpaired) electrons. The van der Waals surface area contributed by atoms with Crippen molar-refractivity contribution in [1.82, 2.24) is 0 Å². The lowest BCUT2D eigenvalue weighted by Crippen LogP contribution is -2.21. The second kappa shape index (κ2) is 6.95. The largest absolute Gasteiger partial charge is 0.409 e. The Labute approximate surface area is 74.6 Å². The predicted octanol–water partition coefficient (Wildman–Crippen LogP) is 2.34. The van der Waals surface area contributed by atoms with Crippen LogP contribution in [0.3, 0.4) is 0 Å². The molecule has 3 heteroatoms. The van der Waals surface area contributed by atoms with Gasteiger partial charge in [-0.3, -0.25) is 0 Å². The summed E-state index contributed by atoms with van der Waals surface area (Å²) in [5.41, 5.74) is 5.43. The van der Waals surface area contributed by atoms with E-state index in [0.717, 1.165) is 6.42 Å². The zero-order chi connectivity index (χ0) is 9.40. The standard InChI is InChI=1S/C9H20N2O/c1-3-4-5-6-7-8(2)9(10)11-12/h8,12H,3-7H2,1-2H3,(H2,10,11)/t8-/m1/s1. The van der Waals surface area contributed by atoms with Crippen LogP contribution < -0.4 is 5.73 Å². The Kier molecular flexibility index (Phi) is 6.53. The van der Waals surface area contributed by atoms with Gasteiger partial charge in [-0.05, 0) is 6.42 Å². The molecule has 0 aromatic rings. The van der Waals surface area contributed by atoms with Crippen molar-refractivity contribution in [2.75, 3.05) is 0 Å². The van der Waals surface area contributed by atoms with Gasteiger partial charge < -0.3 is 10.9 Å². The summed E-state index contributed by atoms with van der Waals surface area (Å²) in [6.45, 7) is 4.17. The monoisotopic (exact) mass is 172 g/mol. The molecule has 3 N–H and O–H groups in total. The van der Waals surface area contributed by atoms with Gasteiger partial charge in [0, 0.05) is 5.92 Å². The third-order valence-corrected chi connectivity index (χ3v) is 2.11. The smallest absolute Gasteiger partial charge is 0.141 e. The first-order chi connectivity index (χ1) is 5.72. The van der Waals surface area contributed by atoms with Crippen molar-refractivity contribution in [3.63, 3.8) is 0 Å². The van der Waals surface area contributed by atoms with Gasteiger partial charge in [-0.1, -0.05) is 44.7 Å². The zero-order valence-corrected chi connectivity index (χ0v) is 8.08. The van der Waals surface area contributed by atoms with Crippen molar-refractivity contribution in [3.8, 4) is 0 Å². The molecule has 0 saturated heterocycles. The van der Waals surface area contributed by atoms with Gasteiger partial charge in [0.1, 0.15) is 5.84 Å². The molecule has 0 aliphatic carbocycles. The molecular weight excluding hydrogens is 152 g/mol. The highest BCUT2D eigenvalue weighted by Gasteiger charge is 2.05. The lowest BCUT2D eigenvalue weighted by Gasteiger charge is -2.08. The highest BCUT2D eigenvalue weighted by atomic mass is 16.4. The number of nitrogens with zero attached hydrogens (tertiary/aromatic N) is 1. The van der Waals surface area contributed by atoms with Crippen LogP contribution in [-0.2, 0) is 0 Å². The fourth-order valence-corrected chi connectivity index (χ4v) is 1.12. The summed E-state index contributed by atoms with van der Waals surface area (Å²) < 4.78 is 0. The first-order valence-electron chi connectivity index (χ1n) is 4.69. The minimum absolute atomic E-state index is 0.215. The Hall–Kier alpha value is -0.730. The topological polar surface area (TPSA) is 58.6 Å². The van der Waals surface area contributed by atoms with Gasteiger partial charge >= 0.3 is 0 Å². The highest BCUT2D eigenvalue weighted by molar-refractivity contribution is 5.81. The number of hydrogen-bond acceptors (Lipinski definition) is 2. The van der Waals surface area contributed by atoms with E-state index in [1.165, 1.54) is 25.7 Å². The number of rotatable bonds is 6. The van der Waals surface area contributed by atoms with Gasteiger partial charge in [0.05, 0.1) is 0 Å². The molecule has 1 atom stereocenters. The molecule has 0 amide bonds. The van der Waals surface area contributed by atoms with Crippen LogP contribution in [-0.4, -0.2) is 11.0 Å². The van der Waals surface area contributed by atoms with Crippen LogP contribution in [0.1, 0.15) is 46.0 Å². The van der Waals surface area contributed by atoms with Gasteiger partial charge in [0.15, 0.2) is 0 Å². The molecule has 0 bridgehead atoms. The van der Waals surface area contributed by atoms with E-state index in [1.54, 1.807) is 0 Å². The first kappa shape index (κ1) is 11.3. The van der Waals surface area contributed by atoms with Gasteiger partial charge in [-0.2, -0.15) is 0 Å². The van der Waals surface area contributed by atoms with E-state index in [2.05, 4.69) is 12.1 Å². The molecule has 0 saturated carbocycles. The molecule has 0 fully saturated rings. The van der Waals surface area contributed by atoms with Gasteiger partial charge in [0.25, 0.3) is 0 Å². The zero-order valence-electron chi connectivity index (χ0n) is 8.08. The minimum atomic E-state index is 0.215. The van der Waals surface area contributed by atoms with Crippen LogP contribution in [0, 0.1) is 5.92 Å². The molecule has 0 aliphatic heterocycles. The highest BCUT2D eigenvalue weighted by Crippen LogP contribution is 2.10. The second-order valence-corrected chi connectivity index (χ2v) is 3.28. The molecule has 3 nitrogen and oxygen atoms in total. The molecule has 0 rings (SSSR count). The predicted molar refractivity (Wildman–Crippen MR) is 51.3 cm³/mol. The maximum atomic E-state index is 8.37. The Morgan fingerprint density at radius 2 is 2.08 bits per heavy atom. The van der Waals surface area contributed by atoms with E-state index < -0.39 is 0 Å². The fraction of sp³-hybridized carbons (Fsp3) is 0.889. The third-order valence-electron chi connectivity index (χ3n) is 2.11. The molecule has 72 valence electrons. The molecule has 12 heavy (non-hydrogen) atoms. The Morgan fingerprint density at radius 3 is 2.58 bits per heavy atom. The van der Waals surface area contributed by atoms with Crippen molar-refractivity contribution >= 4 is 5.84 Å². The first-order valence-corrected chi connectivity index (χ1v) is 4.69. The summed E-state index contributed by atoms with van der Waals surface area (Å²) in [5, 5.41) is 11.4. The fourth-order valence-electron chi connectivity index (χ4n) is 1.12. The van der Waals surface area contributed by atoms with E-state index in [0.29, 0.717) is 5.84 Å². The summed E-state index contributed by atoms with van der Waals surface area (Å²) >= 11 is 0. The molecule has 0 aromatic heterocycles.